The molecule has 100 valence electrons. The summed E-state index contributed by atoms with van der Waals surface area (Å²) in [4.78, 5) is 18.4. The largest absolute Gasteiger partial charge is 0.436 e. The Morgan fingerprint density at radius 2 is 2.17 bits per heavy atom. The topological polar surface area (TPSA) is 72.4 Å². The van der Waals surface area contributed by atoms with E-state index in [9.17, 15) is 4.79 Å². The van der Waals surface area contributed by atoms with Crippen molar-refractivity contribution in [3.8, 4) is 0 Å². The molecule has 0 fully saturated rings. The highest BCUT2D eigenvalue weighted by Crippen LogP contribution is 2.13. The van der Waals surface area contributed by atoms with Gasteiger partial charge in [-0.25, -0.2) is 4.98 Å². The Labute approximate surface area is 112 Å². The van der Waals surface area contributed by atoms with Gasteiger partial charge in [0, 0.05) is 25.9 Å². The van der Waals surface area contributed by atoms with Crippen molar-refractivity contribution in [2.24, 2.45) is 11.7 Å². The van der Waals surface area contributed by atoms with Crippen LogP contribution in [-0.4, -0.2) is 33.9 Å². The molecule has 1 heterocycles. The fraction of sp³-hybridized carbons (Fsp3) is 0.583. The summed E-state index contributed by atoms with van der Waals surface area (Å²) in [6.45, 7) is 8.35. The molecule has 0 spiro atoms. The molecule has 1 unspecified atom stereocenters. The molecule has 0 saturated carbocycles. The number of nitrogens with zero attached hydrogens (tertiary/aromatic N) is 2. The van der Waals surface area contributed by atoms with Crippen LogP contribution < -0.4 is 5.73 Å². The number of carbonyl (C=O) groups is 1. The predicted molar refractivity (Wildman–Crippen MR) is 73.5 cm³/mol. The molecule has 0 radical (unpaired) electrons. The van der Waals surface area contributed by atoms with Crippen LogP contribution in [0, 0.1) is 19.8 Å². The van der Waals surface area contributed by atoms with E-state index in [4.69, 9.17) is 22.4 Å². The maximum absolute atomic E-state index is 12.3. The molecule has 0 aliphatic carbocycles. The number of thiocarbonyl (C=S) groups is 1. The number of carbonyl (C=O) groups excluding carboxylic acids is 1. The highest BCUT2D eigenvalue weighted by molar-refractivity contribution is 7.80. The van der Waals surface area contributed by atoms with Crippen molar-refractivity contribution >= 4 is 23.1 Å². The first-order valence-electron chi connectivity index (χ1n) is 5.89. The summed E-state index contributed by atoms with van der Waals surface area (Å²) >= 11 is 4.92. The first kappa shape index (κ1) is 14.6. The Balaban J connectivity index is 2.86. The summed E-state index contributed by atoms with van der Waals surface area (Å²) in [5.41, 5.74) is 6.18. The van der Waals surface area contributed by atoms with Gasteiger partial charge in [-0.2, -0.15) is 0 Å². The van der Waals surface area contributed by atoms with Crippen molar-refractivity contribution in [1.82, 2.24) is 9.88 Å². The smallest absolute Gasteiger partial charge is 0.291 e. The Morgan fingerprint density at radius 3 is 2.56 bits per heavy atom. The summed E-state index contributed by atoms with van der Waals surface area (Å²) in [7, 11) is 0. The van der Waals surface area contributed by atoms with Gasteiger partial charge in [-0.3, -0.25) is 4.79 Å². The second-order valence-corrected chi connectivity index (χ2v) is 4.77. The molecule has 1 atom stereocenters. The molecule has 18 heavy (non-hydrogen) atoms. The lowest BCUT2D eigenvalue weighted by molar-refractivity contribution is 0.0720. The van der Waals surface area contributed by atoms with Gasteiger partial charge in [0.25, 0.3) is 5.91 Å². The van der Waals surface area contributed by atoms with E-state index in [0.29, 0.717) is 35.4 Å². The molecular weight excluding hydrogens is 250 g/mol. The van der Waals surface area contributed by atoms with E-state index in [1.165, 1.54) is 0 Å². The maximum atomic E-state index is 12.3. The minimum Gasteiger partial charge on any atom is -0.436 e. The Bertz CT molecular complexity index is 456. The lowest BCUT2D eigenvalue weighted by Crippen LogP contribution is -2.38. The zero-order valence-corrected chi connectivity index (χ0v) is 12.0. The third-order valence-corrected chi connectivity index (χ3v) is 3.15. The van der Waals surface area contributed by atoms with Crippen LogP contribution in [0.3, 0.4) is 0 Å². The monoisotopic (exact) mass is 269 g/mol. The zero-order valence-electron chi connectivity index (χ0n) is 11.2. The van der Waals surface area contributed by atoms with Crippen LogP contribution in [0.4, 0.5) is 0 Å². The van der Waals surface area contributed by atoms with E-state index in [-0.39, 0.29) is 11.8 Å². The van der Waals surface area contributed by atoms with Crippen LogP contribution in [0.1, 0.15) is 36.0 Å². The van der Waals surface area contributed by atoms with Gasteiger partial charge >= 0.3 is 0 Å². The quantitative estimate of drug-likeness (QED) is 0.823. The molecule has 5 nitrogen and oxygen atoms in total. The number of aromatic nitrogens is 1. The van der Waals surface area contributed by atoms with Crippen molar-refractivity contribution in [1.29, 1.82) is 0 Å². The zero-order chi connectivity index (χ0) is 13.9. The summed E-state index contributed by atoms with van der Waals surface area (Å²) in [5.74, 6) is 0.603. The molecule has 6 heteroatoms. The molecule has 0 aromatic carbocycles. The Morgan fingerprint density at radius 1 is 1.56 bits per heavy atom. The van der Waals surface area contributed by atoms with E-state index < -0.39 is 0 Å². The van der Waals surface area contributed by atoms with Crippen molar-refractivity contribution < 1.29 is 9.21 Å². The lowest BCUT2D eigenvalue weighted by atomic mass is 10.1. The van der Waals surface area contributed by atoms with Crippen molar-refractivity contribution in [3.63, 3.8) is 0 Å². The average molecular weight is 269 g/mol. The van der Waals surface area contributed by atoms with Gasteiger partial charge in [-0.1, -0.05) is 19.1 Å². The Kier molecular flexibility index (Phi) is 4.84. The molecule has 2 N–H and O–H groups in total. The third kappa shape index (κ3) is 3.29. The first-order chi connectivity index (χ1) is 8.36. The molecule has 0 bridgehead atoms. The van der Waals surface area contributed by atoms with Crippen molar-refractivity contribution in [2.45, 2.75) is 27.7 Å². The van der Waals surface area contributed by atoms with E-state index >= 15 is 0 Å². The average Bonchev–Trinajstić information content (AvgIpc) is 2.63. The number of hydrogen-bond donors (Lipinski definition) is 1. The standard InChI is InChI=1S/C12H19N3O2S/c1-5-15(6-7(2)11(13)18)12(16)10-8(3)14-9(4)17-10/h7H,5-6H2,1-4H3,(H2,13,18). The molecule has 1 aromatic rings. The van der Waals surface area contributed by atoms with Gasteiger partial charge in [0.1, 0.15) is 0 Å². The number of amides is 1. The van der Waals surface area contributed by atoms with E-state index in [1.807, 2.05) is 13.8 Å². The summed E-state index contributed by atoms with van der Waals surface area (Å²) in [5, 5.41) is 0. The first-order valence-corrected chi connectivity index (χ1v) is 6.30. The highest BCUT2D eigenvalue weighted by atomic mass is 32.1. The van der Waals surface area contributed by atoms with E-state index in [2.05, 4.69) is 4.98 Å². The number of aryl methyl sites for hydroxylation is 2. The number of hydrogen-bond acceptors (Lipinski definition) is 4. The van der Waals surface area contributed by atoms with Gasteiger partial charge in [-0.15, -0.1) is 0 Å². The lowest BCUT2D eigenvalue weighted by Gasteiger charge is -2.23. The van der Waals surface area contributed by atoms with Crippen LogP contribution in [-0.2, 0) is 0 Å². The second-order valence-electron chi connectivity index (χ2n) is 4.29. The van der Waals surface area contributed by atoms with E-state index in [0.717, 1.165) is 0 Å². The van der Waals surface area contributed by atoms with Gasteiger partial charge in [-0.05, 0) is 13.8 Å². The van der Waals surface area contributed by atoms with Crippen LogP contribution in [0.25, 0.3) is 0 Å². The van der Waals surface area contributed by atoms with Crippen LogP contribution in [0.15, 0.2) is 4.42 Å². The predicted octanol–water partition coefficient (Wildman–Crippen LogP) is 1.68. The highest BCUT2D eigenvalue weighted by Gasteiger charge is 2.23. The molecule has 0 aliphatic heterocycles. The number of rotatable bonds is 5. The van der Waals surface area contributed by atoms with Crippen LogP contribution >= 0.6 is 12.2 Å². The number of nitrogens with two attached hydrogens (primary N) is 1. The Hall–Kier alpha value is -1.43. The fourth-order valence-corrected chi connectivity index (χ4v) is 1.72. The fourth-order valence-electron chi connectivity index (χ4n) is 1.65. The molecule has 1 amide bonds. The summed E-state index contributed by atoms with van der Waals surface area (Å²) in [6, 6.07) is 0. The number of oxazole rings is 1. The minimum absolute atomic E-state index is 0.0202. The minimum atomic E-state index is -0.168. The van der Waals surface area contributed by atoms with Gasteiger partial charge in [0.15, 0.2) is 5.89 Å². The molecule has 0 aliphatic rings. The summed E-state index contributed by atoms with van der Waals surface area (Å²) in [6.07, 6.45) is 0. The molecular formula is C12H19N3O2S. The van der Waals surface area contributed by atoms with Crippen molar-refractivity contribution in [3.05, 3.63) is 17.3 Å². The third-order valence-electron chi connectivity index (χ3n) is 2.75. The van der Waals surface area contributed by atoms with Crippen molar-refractivity contribution in [2.75, 3.05) is 13.1 Å². The SMILES string of the molecule is CCN(CC(C)C(N)=S)C(=O)c1oc(C)nc1C. The molecule has 0 saturated heterocycles. The van der Waals surface area contributed by atoms with Crippen LogP contribution in [0.2, 0.25) is 0 Å². The van der Waals surface area contributed by atoms with Crippen LogP contribution in [0.5, 0.6) is 0 Å². The van der Waals surface area contributed by atoms with Gasteiger partial charge < -0.3 is 15.1 Å². The molecule has 1 rings (SSSR count). The van der Waals surface area contributed by atoms with E-state index in [1.54, 1.807) is 18.7 Å². The maximum Gasteiger partial charge on any atom is 0.291 e. The summed E-state index contributed by atoms with van der Waals surface area (Å²) < 4.78 is 5.33. The second kappa shape index (κ2) is 5.95. The van der Waals surface area contributed by atoms with Gasteiger partial charge in [0.05, 0.1) is 10.7 Å². The molecule has 1 aromatic heterocycles. The van der Waals surface area contributed by atoms with Gasteiger partial charge in [0.2, 0.25) is 5.76 Å². The normalized spacial score (nSPS) is 12.2.